The number of thiophene rings is 1. The third kappa shape index (κ3) is 13.1. The molecule has 8 aromatic heterocycles. The minimum absolute atomic E-state index is 0.516. The topological polar surface area (TPSA) is 126 Å². The largest absolute Gasteiger partial charge is 0.455 e. The van der Waals surface area contributed by atoms with Crippen molar-refractivity contribution in [3.05, 3.63) is 425 Å². The Morgan fingerprint density at radius 2 is 0.565 bits per heavy atom. The Labute approximate surface area is 717 Å². The van der Waals surface area contributed by atoms with Crippen molar-refractivity contribution in [1.82, 2.24) is 49.0 Å². The number of fused-ring (bicyclic) bond motifs is 13. The summed E-state index contributed by atoms with van der Waals surface area (Å²) in [5.74, 6) is 4.85. The molecule has 0 N–H and O–H groups in total. The molecule has 0 amide bonds. The maximum atomic E-state index is 6.67. The second-order valence-corrected chi connectivity index (χ2v) is 31.9. The highest BCUT2D eigenvalue weighted by molar-refractivity contribution is 7.25. The number of hydrogen-bond acceptors (Lipinski definition) is 10. The monoisotopic (exact) mass is 1600 g/mol. The summed E-state index contributed by atoms with van der Waals surface area (Å²) in [7, 11) is 0. The summed E-state index contributed by atoms with van der Waals surface area (Å²) in [4.78, 5) is 42.1. The zero-order valence-corrected chi connectivity index (χ0v) is 67.5. The van der Waals surface area contributed by atoms with Crippen molar-refractivity contribution >= 4 is 97.1 Å². The molecule has 24 aromatic rings. The van der Waals surface area contributed by atoms with Gasteiger partial charge in [-0.15, -0.1) is 11.3 Å². The first-order valence-electron chi connectivity index (χ1n) is 41.4. The molecule has 12 heteroatoms. The second-order valence-electron chi connectivity index (χ2n) is 30.9. The first-order valence-corrected chi connectivity index (χ1v) is 42.2. The van der Waals surface area contributed by atoms with Crippen molar-refractivity contribution in [2.24, 2.45) is 0 Å². The molecular weight excluding hydrogens is 1530 g/mol. The van der Waals surface area contributed by atoms with Crippen LogP contribution in [0.1, 0.15) is 0 Å². The van der Waals surface area contributed by atoms with E-state index in [1.807, 2.05) is 157 Å². The van der Waals surface area contributed by atoms with Crippen molar-refractivity contribution in [1.29, 1.82) is 0 Å². The van der Waals surface area contributed by atoms with Crippen LogP contribution in [0.15, 0.2) is 429 Å². The highest BCUT2D eigenvalue weighted by Crippen LogP contribution is 2.47. The molecular formula is C112H70N10OS. The van der Waals surface area contributed by atoms with Crippen LogP contribution in [-0.2, 0) is 0 Å². The van der Waals surface area contributed by atoms with Crippen molar-refractivity contribution in [3.63, 3.8) is 0 Å². The molecule has 0 spiro atoms. The van der Waals surface area contributed by atoms with Crippen LogP contribution in [0.25, 0.3) is 232 Å². The lowest BCUT2D eigenvalue weighted by Gasteiger charge is -2.16. The summed E-state index contributed by atoms with van der Waals surface area (Å²) in [6.45, 7) is 0. The van der Waals surface area contributed by atoms with Crippen LogP contribution in [0.3, 0.4) is 0 Å². The van der Waals surface area contributed by atoms with Crippen LogP contribution in [0.2, 0.25) is 0 Å². The number of aromatic nitrogens is 10. The molecule has 0 unspecified atom stereocenters. The summed E-state index contributed by atoms with van der Waals surface area (Å²) in [5, 5.41) is 9.07. The summed E-state index contributed by atoms with van der Waals surface area (Å²) in [5.41, 5.74) is 24.1. The number of para-hydroxylation sites is 3. The van der Waals surface area contributed by atoms with E-state index < -0.39 is 0 Å². The molecule has 0 aliphatic carbocycles. The minimum atomic E-state index is 0.516. The van der Waals surface area contributed by atoms with Crippen LogP contribution in [-0.4, -0.2) is 49.0 Å². The lowest BCUT2D eigenvalue weighted by Crippen LogP contribution is -2.05. The van der Waals surface area contributed by atoms with E-state index in [2.05, 4.69) is 288 Å². The van der Waals surface area contributed by atoms with Gasteiger partial charge in [-0.3, -0.25) is 9.13 Å². The Hall–Kier alpha value is -16.5. The highest BCUT2D eigenvalue weighted by atomic mass is 32.1. The van der Waals surface area contributed by atoms with E-state index in [0.29, 0.717) is 40.8 Å². The van der Waals surface area contributed by atoms with Gasteiger partial charge in [0.2, 0.25) is 0 Å². The molecule has 24 rings (SSSR count). The highest BCUT2D eigenvalue weighted by Gasteiger charge is 2.28. The fourth-order valence-corrected chi connectivity index (χ4v) is 18.7. The van der Waals surface area contributed by atoms with E-state index in [0.717, 1.165) is 161 Å². The van der Waals surface area contributed by atoms with Gasteiger partial charge >= 0.3 is 0 Å². The van der Waals surface area contributed by atoms with Gasteiger partial charge in [-0.2, -0.15) is 0 Å². The maximum Gasteiger partial charge on any atom is 0.167 e. The average Bonchev–Trinajstić information content (AvgIpc) is 1.56. The molecule has 0 aliphatic rings. The zero-order chi connectivity index (χ0) is 82.0. The van der Waals surface area contributed by atoms with Gasteiger partial charge in [-0.05, 0) is 128 Å². The van der Waals surface area contributed by atoms with Gasteiger partial charge in [-0.1, -0.05) is 340 Å². The van der Waals surface area contributed by atoms with E-state index in [1.165, 1.54) is 31.1 Å². The molecule has 8 heterocycles. The number of furan rings is 1. The summed E-state index contributed by atoms with van der Waals surface area (Å²) in [6, 6.07) is 144. The van der Waals surface area contributed by atoms with Crippen LogP contribution < -0.4 is 0 Å². The van der Waals surface area contributed by atoms with Crippen molar-refractivity contribution in [3.8, 4) is 147 Å². The fourth-order valence-electron chi connectivity index (χ4n) is 17.6. The van der Waals surface area contributed by atoms with E-state index in [-0.39, 0.29) is 0 Å². The van der Waals surface area contributed by atoms with Gasteiger partial charge < -0.3 is 4.42 Å². The maximum absolute atomic E-state index is 6.67. The number of rotatable bonds is 14. The fraction of sp³-hybridized carbons (Fsp3) is 0. The molecule has 16 aromatic carbocycles. The van der Waals surface area contributed by atoms with E-state index in [9.17, 15) is 0 Å². The van der Waals surface area contributed by atoms with Crippen LogP contribution in [0.5, 0.6) is 0 Å². The number of benzene rings is 16. The summed E-state index contributed by atoms with van der Waals surface area (Å²) < 4.78 is 13.7. The van der Waals surface area contributed by atoms with E-state index in [4.69, 9.17) is 44.3 Å². The molecule has 0 bridgehead atoms. The van der Waals surface area contributed by atoms with Crippen LogP contribution >= 0.6 is 11.3 Å². The van der Waals surface area contributed by atoms with Gasteiger partial charge in [0, 0.05) is 92.9 Å². The molecule has 0 aliphatic heterocycles. The van der Waals surface area contributed by atoms with Crippen molar-refractivity contribution in [2.75, 3.05) is 0 Å². The number of hydrogen-bond donors (Lipinski definition) is 0. The number of nitrogens with zero attached hydrogens (tertiary/aromatic N) is 10. The molecule has 580 valence electrons. The van der Waals surface area contributed by atoms with Crippen molar-refractivity contribution in [2.45, 2.75) is 0 Å². The Morgan fingerprint density at radius 3 is 1.03 bits per heavy atom. The zero-order valence-electron chi connectivity index (χ0n) is 66.7. The Bertz CT molecular complexity index is 8090. The molecule has 0 atom stereocenters. The van der Waals surface area contributed by atoms with E-state index in [1.54, 1.807) is 0 Å². The Balaban J connectivity index is 0.000000143. The van der Waals surface area contributed by atoms with Gasteiger partial charge in [0.1, 0.15) is 22.8 Å². The summed E-state index contributed by atoms with van der Waals surface area (Å²) >= 11 is 1.84. The van der Waals surface area contributed by atoms with E-state index >= 15 is 0 Å². The minimum Gasteiger partial charge on any atom is -0.455 e. The van der Waals surface area contributed by atoms with Gasteiger partial charge in [-0.25, -0.2) is 39.9 Å². The lowest BCUT2D eigenvalue weighted by atomic mass is 9.91. The van der Waals surface area contributed by atoms with Crippen LogP contribution in [0.4, 0.5) is 0 Å². The Morgan fingerprint density at radius 1 is 0.202 bits per heavy atom. The molecule has 11 nitrogen and oxygen atoms in total. The lowest BCUT2D eigenvalue weighted by molar-refractivity contribution is 0.673. The third-order valence-electron chi connectivity index (χ3n) is 23.4. The van der Waals surface area contributed by atoms with Gasteiger partial charge in [0.05, 0.1) is 38.6 Å². The normalized spacial score (nSPS) is 11.5. The molecule has 0 radical (unpaired) electrons. The smallest absolute Gasteiger partial charge is 0.167 e. The first-order chi connectivity index (χ1) is 61.5. The number of pyridine rings is 2. The standard InChI is InChI=1S/C56H35N5O.C56H35N5S/c1-5-17-36(18-6-1)42-30-29-40(33-46(42)37-19-7-2-8-20-37)41-34-47(55-59-53(38-21-9-3-10-22-38)58-54(60-55)39-23-11-4-12-24-39)56(57-35-41)61-48-27-15-13-26-45(48)51-49(61)32-31-44-43-25-14-16-28-50(43)62-52(44)51;1-5-17-36(18-6-1)42-30-29-40(31-45(42)37-19-7-2-8-20-37)41-32-48(55-59-53(38-21-9-3-10-22-38)58-54(60-55)39-23-11-4-12-24-39)56(57-35-41)61-49-27-15-13-25-43(49)46-34-52-47(33-50(46)61)44-26-14-16-28-51(44)62-52/h2*1-35H. The predicted octanol–water partition coefficient (Wildman–Crippen LogP) is 29.0. The molecule has 124 heavy (non-hydrogen) atoms. The quantitative estimate of drug-likeness (QED) is 0.105. The second kappa shape index (κ2) is 31.0. The SMILES string of the molecule is c1ccc(-c2nc(-c3ccccc3)nc(-c3cc(-c4ccc(-c5ccccc5)c(-c5ccccc5)c4)cnc3-n3c4ccccc4c4c5oc6ccccc6c5ccc43)n2)cc1.c1ccc(-c2nc(-c3ccccc3)nc(-c3cc(-c4ccc(-c5ccccc5)c(-c5ccccc5)c4)cnc3-n3c4ccccc4c4cc5sc6ccccc6c5cc43)n2)cc1. The first kappa shape index (κ1) is 72.7. The van der Waals surface area contributed by atoms with Crippen molar-refractivity contribution < 1.29 is 4.42 Å². The molecule has 0 saturated heterocycles. The summed E-state index contributed by atoms with van der Waals surface area (Å²) in [6.07, 6.45) is 3.98. The predicted molar refractivity (Wildman–Crippen MR) is 509 cm³/mol. The molecule has 0 saturated carbocycles. The van der Waals surface area contributed by atoms with Gasteiger partial charge in [0.15, 0.2) is 34.9 Å². The van der Waals surface area contributed by atoms with Crippen LogP contribution in [0, 0.1) is 0 Å². The average molecular weight is 1600 g/mol. The Kier molecular flexibility index (Phi) is 18.2. The third-order valence-corrected chi connectivity index (χ3v) is 24.6. The van der Waals surface area contributed by atoms with Gasteiger partial charge in [0.25, 0.3) is 0 Å². The molecule has 0 fully saturated rings.